The van der Waals surface area contributed by atoms with E-state index < -0.39 is 5.97 Å². The van der Waals surface area contributed by atoms with Crippen LogP contribution in [-0.4, -0.2) is 69.2 Å². The van der Waals surface area contributed by atoms with Crippen LogP contribution in [0.15, 0.2) is 12.2 Å². The highest BCUT2D eigenvalue weighted by Crippen LogP contribution is 1.96. The largest absolute Gasteiger partial charge is 0.459 e. The maximum Gasteiger partial charge on any atom is 0.356 e. The van der Waals surface area contributed by atoms with Crippen LogP contribution >= 0.6 is 0 Å². The minimum Gasteiger partial charge on any atom is -0.459 e. The summed E-state index contributed by atoms with van der Waals surface area (Å²) in [4.78, 5) is 13.6. The van der Waals surface area contributed by atoms with Gasteiger partial charge in [-0.25, -0.2) is 4.79 Å². The van der Waals surface area contributed by atoms with Crippen LogP contribution in [0.3, 0.4) is 0 Å². The molecule has 1 saturated heterocycles. The van der Waals surface area contributed by atoms with E-state index in [0.717, 1.165) is 32.8 Å². The summed E-state index contributed by atoms with van der Waals surface area (Å²) in [5.74, 6) is -0.613. The van der Waals surface area contributed by atoms with Crippen LogP contribution in [-0.2, 0) is 19.0 Å². The van der Waals surface area contributed by atoms with Gasteiger partial charge in [0.05, 0.1) is 19.8 Å². The number of esters is 1. The molecule has 1 aliphatic rings. The number of rotatable bonds is 8. The number of nitrogens with zero attached hydrogens (tertiary/aromatic N) is 1. The van der Waals surface area contributed by atoms with Gasteiger partial charge in [-0.05, 0) is 13.0 Å². The molecule has 0 unspecified atom stereocenters. The monoisotopic (exact) mass is 270 g/mol. The fourth-order valence-corrected chi connectivity index (χ4v) is 1.59. The van der Waals surface area contributed by atoms with E-state index in [-0.39, 0.29) is 12.3 Å². The molecule has 108 valence electrons. The highest BCUT2D eigenvalue weighted by Gasteiger charge is 2.09. The van der Waals surface area contributed by atoms with Crippen molar-refractivity contribution in [3.8, 4) is 0 Å². The highest BCUT2D eigenvalue weighted by atomic mass is 16.6. The van der Waals surface area contributed by atoms with Crippen molar-refractivity contribution in [3.05, 3.63) is 12.2 Å². The van der Waals surface area contributed by atoms with Crippen molar-refractivity contribution in [2.45, 2.75) is 6.92 Å². The van der Waals surface area contributed by atoms with Gasteiger partial charge in [0.2, 0.25) is 0 Å². The Morgan fingerprint density at radius 3 is 2.79 bits per heavy atom. The number of ether oxygens (including phenoxy) is 3. The van der Waals surface area contributed by atoms with E-state index in [9.17, 15) is 4.79 Å². The van der Waals surface area contributed by atoms with E-state index in [1.165, 1.54) is 6.08 Å². The van der Waals surface area contributed by atoms with Crippen molar-refractivity contribution in [1.29, 1.82) is 5.41 Å². The second-order valence-electron chi connectivity index (χ2n) is 4.06. The Labute approximate surface area is 113 Å². The summed E-state index contributed by atoms with van der Waals surface area (Å²) in [5.41, 5.74) is -0.134. The first-order valence-corrected chi connectivity index (χ1v) is 6.54. The second-order valence-corrected chi connectivity index (χ2v) is 4.06. The van der Waals surface area contributed by atoms with E-state index in [1.807, 2.05) is 6.92 Å². The maximum atomic E-state index is 11.4. The van der Waals surface area contributed by atoms with Gasteiger partial charge in [0.1, 0.15) is 12.3 Å². The number of hydrogen-bond donors (Lipinski definition) is 1. The SMILES string of the molecule is CCOCCOC(=O)C(=N)/C=C/CN1CCOCC1. The molecule has 0 radical (unpaired) electrons. The lowest BCUT2D eigenvalue weighted by atomic mass is 10.3. The smallest absolute Gasteiger partial charge is 0.356 e. The first kappa shape index (κ1) is 15.8. The van der Waals surface area contributed by atoms with Crippen LogP contribution in [0.5, 0.6) is 0 Å². The molecule has 1 aliphatic heterocycles. The summed E-state index contributed by atoms with van der Waals surface area (Å²) in [6.45, 7) is 6.99. The molecule has 0 saturated carbocycles. The van der Waals surface area contributed by atoms with Crippen LogP contribution < -0.4 is 0 Å². The average Bonchev–Trinajstić information content (AvgIpc) is 2.44. The van der Waals surface area contributed by atoms with Crippen LogP contribution in [0.4, 0.5) is 0 Å². The molecule has 0 aromatic carbocycles. The van der Waals surface area contributed by atoms with Crippen LogP contribution in [0, 0.1) is 5.41 Å². The van der Waals surface area contributed by atoms with E-state index in [0.29, 0.717) is 13.2 Å². The molecule has 1 heterocycles. The Bertz CT molecular complexity index is 312. The molecule has 6 heteroatoms. The summed E-state index contributed by atoms with van der Waals surface area (Å²) in [6.07, 6.45) is 3.29. The van der Waals surface area contributed by atoms with Crippen LogP contribution in [0.1, 0.15) is 6.92 Å². The zero-order valence-electron chi connectivity index (χ0n) is 11.4. The number of hydrogen-bond acceptors (Lipinski definition) is 6. The van der Waals surface area contributed by atoms with E-state index in [4.69, 9.17) is 19.6 Å². The average molecular weight is 270 g/mol. The van der Waals surface area contributed by atoms with Crippen molar-refractivity contribution >= 4 is 11.7 Å². The van der Waals surface area contributed by atoms with Gasteiger partial charge in [0, 0.05) is 26.2 Å². The second kappa shape index (κ2) is 9.66. The molecule has 1 rings (SSSR count). The topological polar surface area (TPSA) is 71.9 Å². The molecule has 0 aromatic heterocycles. The van der Waals surface area contributed by atoms with Gasteiger partial charge in [-0.3, -0.25) is 10.3 Å². The normalized spacial score (nSPS) is 16.7. The predicted molar refractivity (Wildman–Crippen MR) is 71.6 cm³/mol. The lowest BCUT2D eigenvalue weighted by Crippen LogP contribution is -2.36. The standard InChI is InChI=1S/C13H22N2O4/c1-2-17-10-11-19-13(16)12(14)4-3-5-15-6-8-18-9-7-15/h3-4,14H,2,5-11H2,1H3/b4-3+,14-12?. The molecule has 0 aliphatic carbocycles. The lowest BCUT2D eigenvalue weighted by molar-refractivity contribution is -0.137. The molecule has 0 spiro atoms. The Morgan fingerprint density at radius 1 is 1.37 bits per heavy atom. The van der Waals surface area contributed by atoms with Gasteiger partial charge in [-0.15, -0.1) is 0 Å². The summed E-state index contributed by atoms with van der Waals surface area (Å²) >= 11 is 0. The van der Waals surface area contributed by atoms with Crippen molar-refractivity contribution in [2.24, 2.45) is 0 Å². The molecule has 1 N–H and O–H groups in total. The Kier molecular flexibility index (Phi) is 8.04. The first-order valence-electron chi connectivity index (χ1n) is 6.54. The first-order chi connectivity index (χ1) is 9.24. The number of nitrogens with one attached hydrogen (secondary N) is 1. The van der Waals surface area contributed by atoms with Crippen molar-refractivity contribution in [2.75, 3.05) is 52.7 Å². The summed E-state index contributed by atoms with van der Waals surface area (Å²) in [7, 11) is 0. The zero-order chi connectivity index (χ0) is 13.9. The fraction of sp³-hybridized carbons (Fsp3) is 0.692. The Balaban J connectivity index is 2.15. The molecular formula is C13H22N2O4. The zero-order valence-corrected chi connectivity index (χ0v) is 11.4. The third-order valence-electron chi connectivity index (χ3n) is 2.64. The maximum absolute atomic E-state index is 11.4. The van der Waals surface area contributed by atoms with Crippen LogP contribution in [0.25, 0.3) is 0 Å². The molecule has 6 nitrogen and oxygen atoms in total. The molecule has 0 amide bonds. The quantitative estimate of drug-likeness (QED) is 0.394. The van der Waals surface area contributed by atoms with Gasteiger partial charge >= 0.3 is 5.97 Å². The van der Waals surface area contributed by atoms with E-state index in [1.54, 1.807) is 6.08 Å². The third-order valence-corrected chi connectivity index (χ3v) is 2.64. The fourth-order valence-electron chi connectivity index (χ4n) is 1.59. The van der Waals surface area contributed by atoms with Gasteiger partial charge in [0.25, 0.3) is 0 Å². The number of carbonyl (C=O) groups excluding carboxylic acids is 1. The molecule has 1 fully saturated rings. The summed E-state index contributed by atoms with van der Waals surface area (Å²) < 4.78 is 15.2. The van der Waals surface area contributed by atoms with E-state index in [2.05, 4.69) is 4.90 Å². The summed E-state index contributed by atoms with van der Waals surface area (Å²) in [6, 6.07) is 0. The van der Waals surface area contributed by atoms with Crippen molar-refractivity contribution in [1.82, 2.24) is 4.90 Å². The van der Waals surface area contributed by atoms with Gasteiger partial charge < -0.3 is 14.2 Å². The van der Waals surface area contributed by atoms with Gasteiger partial charge in [-0.1, -0.05) is 6.08 Å². The molecule has 0 aromatic rings. The Morgan fingerprint density at radius 2 is 2.11 bits per heavy atom. The number of morpholine rings is 1. The van der Waals surface area contributed by atoms with Gasteiger partial charge in [0.15, 0.2) is 0 Å². The van der Waals surface area contributed by atoms with Crippen LogP contribution in [0.2, 0.25) is 0 Å². The van der Waals surface area contributed by atoms with Crippen molar-refractivity contribution in [3.63, 3.8) is 0 Å². The Hall–Kier alpha value is -1.24. The van der Waals surface area contributed by atoms with E-state index >= 15 is 0 Å². The lowest BCUT2D eigenvalue weighted by Gasteiger charge is -2.25. The van der Waals surface area contributed by atoms with Gasteiger partial charge in [-0.2, -0.15) is 0 Å². The molecule has 19 heavy (non-hydrogen) atoms. The molecule has 0 atom stereocenters. The minimum atomic E-state index is -0.613. The molecule has 0 bridgehead atoms. The summed E-state index contributed by atoms with van der Waals surface area (Å²) in [5, 5.41) is 7.55. The number of carbonyl (C=O) groups is 1. The predicted octanol–water partition coefficient (Wildman–Crippen LogP) is 0.474. The third kappa shape index (κ3) is 7.05. The van der Waals surface area contributed by atoms with Crippen molar-refractivity contribution < 1.29 is 19.0 Å². The minimum absolute atomic E-state index is 0.134. The highest BCUT2D eigenvalue weighted by molar-refractivity contribution is 6.39. The molecular weight excluding hydrogens is 248 g/mol.